The van der Waals surface area contributed by atoms with Crippen LogP contribution in [0.5, 0.6) is 0 Å². The van der Waals surface area contributed by atoms with Crippen molar-refractivity contribution in [2.24, 2.45) is 98.6 Å². The van der Waals surface area contributed by atoms with Crippen molar-refractivity contribution < 1.29 is 28.5 Å². The van der Waals surface area contributed by atoms with E-state index in [-0.39, 0.29) is 57.5 Å². The van der Waals surface area contributed by atoms with Crippen LogP contribution in [0.3, 0.4) is 0 Å². The van der Waals surface area contributed by atoms with Gasteiger partial charge in [0, 0.05) is 48.5 Å². The summed E-state index contributed by atoms with van der Waals surface area (Å²) in [5, 5.41) is 11.5. The highest BCUT2D eigenvalue weighted by atomic mass is 28.4. The van der Waals surface area contributed by atoms with Crippen molar-refractivity contribution in [2.45, 2.75) is 214 Å². The van der Waals surface area contributed by atoms with E-state index < -0.39 is 19.9 Å². The van der Waals surface area contributed by atoms with E-state index in [1.54, 1.807) is 11.1 Å². The van der Waals surface area contributed by atoms with Gasteiger partial charge in [-0.25, -0.2) is 0 Å². The number of aromatic nitrogens is 2. The van der Waals surface area contributed by atoms with E-state index in [1.165, 1.54) is 54.9 Å². The Kier molecular flexibility index (Phi) is 10.7. The Morgan fingerprint density at radius 2 is 1.13 bits per heavy atom. The van der Waals surface area contributed by atoms with Crippen LogP contribution in [-0.4, -0.2) is 73.1 Å². The molecule has 0 aromatic carbocycles. The molecule has 4 saturated carbocycles. The quantitative estimate of drug-likeness (QED) is 0.237. The van der Waals surface area contributed by atoms with Crippen LogP contribution >= 0.6 is 0 Å². The fourth-order valence-electron chi connectivity index (χ4n) is 20.2. The highest BCUT2D eigenvalue weighted by Gasteiger charge is 2.71. The minimum atomic E-state index is -2.13. The van der Waals surface area contributed by atoms with Crippen molar-refractivity contribution in [3.63, 3.8) is 0 Å². The Bertz CT molecular complexity index is 2360. The normalized spacial score (nSPS) is 53.1. The van der Waals surface area contributed by atoms with E-state index >= 15 is 0 Å². The zero-order valence-electron chi connectivity index (χ0n) is 45.8. The molecule has 4 saturated heterocycles. The molecular formula is C61H92N2O6Si. The first-order valence-corrected chi connectivity index (χ1v) is 32.1. The van der Waals surface area contributed by atoms with Gasteiger partial charge in [0.25, 0.3) is 0 Å². The van der Waals surface area contributed by atoms with Crippen molar-refractivity contribution in [1.82, 2.24) is 9.97 Å². The molecule has 12 aliphatic rings. The molecule has 4 aliphatic heterocycles. The highest BCUT2D eigenvalue weighted by molar-refractivity contribution is 6.74. The molecule has 0 bridgehead atoms. The molecule has 5 heterocycles. The molecule has 70 heavy (non-hydrogen) atoms. The monoisotopic (exact) mass is 977 g/mol. The molecule has 2 spiro atoms. The number of fused-ring (bicyclic) bond motifs is 16. The average molecular weight is 978 g/mol. The van der Waals surface area contributed by atoms with Gasteiger partial charge in [0.05, 0.1) is 54.3 Å². The lowest BCUT2D eigenvalue weighted by molar-refractivity contribution is -0.265. The zero-order chi connectivity index (χ0) is 49.1. The van der Waals surface area contributed by atoms with Gasteiger partial charge in [-0.3, -0.25) is 9.97 Å². The third-order valence-corrected chi connectivity index (χ3v) is 30.0. The van der Waals surface area contributed by atoms with E-state index in [9.17, 15) is 5.11 Å². The van der Waals surface area contributed by atoms with Gasteiger partial charge >= 0.3 is 0 Å². The number of aliphatic hydroxyl groups excluding tert-OH is 1. The second-order valence-corrected chi connectivity index (χ2v) is 34.4. The SMILES string of the molecule is C[C@@H]1CC[C@@]2(OC1)O[C@H]1C=C3[C@@H]4CC[C@H]5Cc6nc7c(nc6C[C@]5(C)[C@H]4C[C@@H](O[Si](C)(C)C(C)(C)C)[C@]3(C)[C@H]1[C@@H]2C)C[C@@H]1CC[C@H]2C3=C[C@@H]4O[C@]5(CC[C@@H](C)CO5)[C@@H](C)[C@@H]4[C@@]3(C)[C@@H](CO)C[C@@H]2[C@@]1(C)C7. The van der Waals surface area contributed by atoms with Gasteiger partial charge in [0.1, 0.15) is 0 Å². The molecule has 8 nitrogen and oxygen atoms in total. The number of hydrogen-bond acceptors (Lipinski definition) is 8. The maximum absolute atomic E-state index is 11.4. The first kappa shape index (κ1) is 48.2. The summed E-state index contributed by atoms with van der Waals surface area (Å²) < 4.78 is 35.6. The maximum Gasteiger partial charge on any atom is 0.192 e. The third kappa shape index (κ3) is 6.33. The molecule has 8 aliphatic carbocycles. The van der Waals surface area contributed by atoms with Crippen molar-refractivity contribution in [3.05, 3.63) is 46.1 Å². The van der Waals surface area contributed by atoms with E-state index in [1.807, 2.05) is 0 Å². The predicted molar refractivity (Wildman–Crippen MR) is 276 cm³/mol. The largest absolute Gasteiger partial charge is 0.413 e. The van der Waals surface area contributed by atoms with Crippen LogP contribution in [0, 0.1) is 98.6 Å². The Hall–Kier alpha value is -1.46. The first-order chi connectivity index (χ1) is 33.0. The van der Waals surface area contributed by atoms with Gasteiger partial charge in [-0.1, -0.05) is 99.5 Å². The highest BCUT2D eigenvalue weighted by Crippen LogP contribution is 2.73. The minimum Gasteiger partial charge on any atom is -0.413 e. The Balaban J connectivity index is 0.792. The average Bonchev–Trinajstić information content (AvgIpc) is 3.96. The molecule has 0 radical (unpaired) electrons. The summed E-state index contributed by atoms with van der Waals surface area (Å²) in [6.07, 6.45) is 21.3. The summed E-state index contributed by atoms with van der Waals surface area (Å²) in [5.74, 6) is 5.17. The molecule has 386 valence electrons. The predicted octanol–water partition coefficient (Wildman–Crippen LogP) is 12.3. The molecule has 0 amide bonds. The molecule has 1 aromatic heterocycles. The number of allylic oxidation sites excluding steroid dienone is 1. The lowest BCUT2D eigenvalue weighted by Gasteiger charge is -2.62. The Morgan fingerprint density at radius 3 is 1.59 bits per heavy atom. The van der Waals surface area contributed by atoms with Crippen LogP contribution in [0.2, 0.25) is 18.1 Å². The Labute approximate surface area is 423 Å². The van der Waals surface area contributed by atoms with E-state index in [0.717, 1.165) is 71.0 Å². The van der Waals surface area contributed by atoms with Crippen molar-refractivity contribution in [2.75, 3.05) is 19.8 Å². The number of hydrogen-bond donors (Lipinski definition) is 1. The fourth-order valence-corrected chi connectivity index (χ4v) is 21.6. The van der Waals surface area contributed by atoms with Gasteiger partial charge in [-0.2, -0.15) is 0 Å². The van der Waals surface area contributed by atoms with Gasteiger partial charge in [0.15, 0.2) is 19.9 Å². The molecule has 9 heteroatoms. The van der Waals surface area contributed by atoms with E-state index in [4.69, 9.17) is 33.3 Å². The van der Waals surface area contributed by atoms with E-state index in [2.05, 4.69) is 101 Å². The second-order valence-electron chi connectivity index (χ2n) is 29.6. The standard InChI is InChI=1S/C61H92N2O6Si/c1-33-18-20-60(65-31-33)35(3)53-50(67-60)25-44-40-16-14-37-23-46-48(28-56(37,8)42(40)22-39(30-64)58(44,53)10)62-47-24-38-15-17-41-43(57(38,9)29-49(47)63-46)27-52(69-70(12,13)55(5,6)7)59(11)45(41)26-51-54(59)36(4)61(68-51)21-19-34(2)32-66-61/h25-26,33-43,50-54,64H,14-24,27-32H2,1-13H3/t33-,34-,35+,36+,37+,38+,39-,40-,41-,42+,43+,50+,51+,52-,53+,54+,56+,57+,58+,59-,60-,61-/m1/s1. The van der Waals surface area contributed by atoms with Crippen LogP contribution in [0.25, 0.3) is 0 Å². The number of rotatable bonds is 3. The van der Waals surface area contributed by atoms with Crippen LogP contribution in [0.1, 0.15) is 163 Å². The van der Waals surface area contributed by atoms with Gasteiger partial charge in [0.2, 0.25) is 0 Å². The molecule has 22 atom stereocenters. The van der Waals surface area contributed by atoms with Crippen molar-refractivity contribution >= 4 is 8.32 Å². The molecular weight excluding hydrogens is 885 g/mol. The maximum atomic E-state index is 11.4. The second kappa shape index (κ2) is 15.6. The minimum absolute atomic E-state index is 0.0604. The zero-order valence-corrected chi connectivity index (χ0v) is 46.8. The summed E-state index contributed by atoms with van der Waals surface area (Å²) in [6.45, 7) is 34.0. The third-order valence-electron chi connectivity index (χ3n) is 25.5. The van der Waals surface area contributed by atoms with Crippen molar-refractivity contribution in [1.29, 1.82) is 0 Å². The molecule has 0 unspecified atom stereocenters. The van der Waals surface area contributed by atoms with Crippen LogP contribution in [0.4, 0.5) is 0 Å². The number of aliphatic hydroxyl groups is 1. The van der Waals surface area contributed by atoms with Crippen LogP contribution in [-0.2, 0) is 49.1 Å². The molecule has 13 rings (SSSR count). The summed E-state index contributed by atoms with van der Waals surface area (Å²) in [4.78, 5) is 11.6. The summed E-state index contributed by atoms with van der Waals surface area (Å²) in [7, 11) is -2.13. The Morgan fingerprint density at radius 1 is 0.657 bits per heavy atom. The topological polar surface area (TPSA) is 92.2 Å². The van der Waals surface area contributed by atoms with Crippen LogP contribution in [0.15, 0.2) is 23.3 Å². The molecule has 8 fully saturated rings. The van der Waals surface area contributed by atoms with E-state index in [0.29, 0.717) is 71.0 Å². The fraction of sp³-hybridized carbons (Fsp3) is 0.869. The van der Waals surface area contributed by atoms with Crippen LogP contribution < -0.4 is 0 Å². The van der Waals surface area contributed by atoms with Gasteiger partial charge in [-0.15, -0.1) is 0 Å². The van der Waals surface area contributed by atoms with Crippen molar-refractivity contribution in [3.8, 4) is 0 Å². The van der Waals surface area contributed by atoms with Gasteiger partial charge in [-0.05, 0) is 165 Å². The number of nitrogens with zero attached hydrogens (tertiary/aromatic N) is 2. The summed E-state index contributed by atoms with van der Waals surface area (Å²) >= 11 is 0. The lowest BCUT2D eigenvalue weighted by atomic mass is 9.43. The first-order valence-electron chi connectivity index (χ1n) is 29.2. The number of ether oxygens (including phenoxy) is 4. The smallest absolute Gasteiger partial charge is 0.192 e. The molecule has 1 aromatic rings. The summed E-state index contributed by atoms with van der Waals surface area (Å²) in [5.41, 5.74) is 8.65. The van der Waals surface area contributed by atoms with Gasteiger partial charge < -0.3 is 28.5 Å². The lowest BCUT2D eigenvalue weighted by Crippen LogP contribution is -2.60. The molecule has 1 N–H and O–H groups in total. The summed E-state index contributed by atoms with van der Waals surface area (Å²) in [6, 6.07) is 0.